The number of nitrogens with zero attached hydrogens (tertiary/aromatic N) is 2. The van der Waals surface area contributed by atoms with Gasteiger partial charge in [-0.25, -0.2) is 4.98 Å². The molecule has 0 N–H and O–H groups in total. The van der Waals surface area contributed by atoms with Crippen molar-refractivity contribution in [2.75, 3.05) is 0 Å². The van der Waals surface area contributed by atoms with Gasteiger partial charge >= 0.3 is 0 Å². The van der Waals surface area contributed by atoms with Crippen LogP contribution >= 0.6 is 0 Å². The summed E-state index contributed by atoms with van der Waals surface area (Å²) in [5.41, 5.74) is 6.28. The Balaban J connectivity index is 1.77. The van der Waals surface area contributed by atoms with Crippen LogP contribution in [0.3, 0.4) is 0 Å². The molecular formula is C27H30N2. The molecule has 1 aromatic heterocycles. The largest absolute Gasteiger partial charge is 0.320 e. The van der Waals surface area contributed by atoms with Gasteiger partial charge in [-0.15, -0.1) is 0 Å². The summed E-state index contributed by atoms with van der Waals surface area (Å²) in [4.78, 5) is 5.07. The summed E-state index contributed by atoms with van der Waals surface area (Å²) in [5.74, 6) is 2.02. The number of hydrogen-bond donors (Lipinski definition) is 0. The third-order valence-corrected chi connectivity index (χ3v) is 5.80. The fourth-order valence-corrected chi connectivity index (χ4v) is 4.22. The monoisotopic (exact) mass is 382 g/mol. The van der Waals surface area contributed by atoms with E-state index in [0.29, 0.717) is 5.92 Å². The summed E-state index contributed by atoms with van der Waals surface area (Å²) in [6, 6.07) is 28.5. The van der Waals surface area contributed by atoms with Gasteiger partial charge < -0.3 is 4.57 Å². The number of aromatic nitrogens is 2. The lowest BCUT2D eigenvalue weighted by atomic mass is 9.96. The van der Waals surface area contributed by atoms with Gasteiger partial charge in [0.05, 0.1) is 17.1 Å². The summed E-state index contributed by atoms with van der Waals surface area (Å²) in [6.07, 6.45) is 1.12. The summed E-state index contributed by atoms with van der Waals surface area (Å²) in [6.45, 7) is 9.08. The molecular weight excluding hydrogens is 352 g/mol. The molecule has 2 heteroatoms. The first-order valence-electron chi connectivity index (χ1n) is 10.6. The molecule has 2 atom stereocenters. The third kappa shape index (κ3) is 3.98. The third-order valence-electron chi connectivity index (χ3n) is 5.80. The lowest BCUT2D eigenvalue weighted by Crippen LogP contribution is -2.13. The molecule has 29 heavy (non-hydrogen) atoms. The van der Waals surface area contributed by atoms with E-state index in [2.05, 4.69) is 111 Å². The van der Waals surface area contributed by atoms with Gasteiger partial charge in [-0.2, -0.15) is 0 Å². The number of para-hydroxylation sites is 2. The standard InChI is InChI=1S/C27H30N2/c1-19(2)18-22-14-16-23(17-15-22)20(3)27-28-25-12-8-9-13-26(25)29(27)21(4)24-10-6-5-7-11-24/h5-17,19-21H,18H2,1-4H3/t20-,21-/m0/s1. The number of hydrogen-bond acceptors (Lipinski definition) is 1. The number of rotatable bonds is 6. The van der Waals surface area contributed by atoms with E-state index < -0.39 is 0 Å². The minimum absolute atomic E-state index is 0.223. The summed E-state index contributed by atoms with van der Waals surface area (Å²) < 4.78 is 2.41. The lowest BCUT2D eigenvalue weighted by molar-refractivity contribution is 0.603. The Morgan fingerprint density at radius 2 is 1.38 bits per heavy atom. The molecule has 0 radical (unpaired) electrons. The Hall–Kier alpha value is -2.87. The van der Waals surface area contributed by atoms with E-state index >= 15 is 0 Å². The van der Waals surface area contributed by atoms with Crippen molar-refractivity contribution in [3.63, 3.8) is 0 Å². The first kappa shape index (κ1) is 19.4. The topological polar surface area (TPSA) is 17.8 Å². The van der Waals surface area contributed by atoms with E-state index in [1.807, 2.05) is 0 Å². The fourth-order valence-electron chi connectivity index (χ4n) is 4.22. The quantitative estimate of drug-likeness (QED) is 0.351. The molecule has 0 saturated carbocycles. The highest BCUT2D eigenvalue weighted by atomic mass is 15.1. The molecule has 0 aliphatic rings. The van der Waals surface area contributed by atoms with E-state index in [9.17, 15) is 0 Å². The van der Waals surface area contributed by atoms with E-state index in [-0.39, 0.29) is 12.0 Å². The van der Waals surface area contributed by atoms with Crippen LogP contribution in [0.15, 0.2) is 78.9 Å². The highest BCUT2D eigenvalue weighted by Crippen LogP contribution is 2.32. The second-order valence-electron chi connectivity index (χ2n) is 8.48. The maximum absolute atomic E-state index is 5.07. The second kappa shape index (κ2) is 8.24. The Morgan fingerprint density at radius 1 is 0.724 bits per heavy atom. The van der Waals surface area contributed by atoms with Gasteiger partial charge in [0.25, 0.3) is 0 Å². The summed E-state index contributed by atoms with van der Waals surface area (Å²) in [5, 5.41) is 0. The van der Waals surface area contributed by atoms with E-state index in [4.69, 9.17) is 4.98 Å². The lowest BCUT2D eigenvalue weighted by Gasteiger charge is -2.21. The molecule has 0 unspecified atom stereocenters. The predicted molar refractivity (Wildman–Crippen MR) is 122 cm³/mol. The Morgan fingerprint density at radius 3 is 2.07 bits per heavy atom. The van der Waals surface area contributed by atoms with Crippen LogP contribution in [0, 0.1) is 5.92 Å². The number of fused-ring (bicyclic) bond motifs is 1. The zero-order chi connectivity index (χ0) is 20.4. The van der Waals surface area contributed by atoms with E-state index in [1.54, 1.807) is 0 Å². The van der Waals surface area contributed by atoms with Crippen LogP contribution in [0.1, 0.15) is 62.2 Å². The summed E-state index contributed by atoms with van der Waals surface area (Å²) in [7, 11) is 0. The SMILES string of the molecule is CC(C)Cc1ccc([C@H](C)c2nc3ccccc3n2[C@@H](C)c2ccccc2)cc1. The first-order chi connectivity index (χ1) is 14.0. The molecule has 0 fully saturated rings. The van der Waals surface area contributed by atoms with Crippen molar-refractivity contribution in [3.05, 3.63) is 101 Å². The van der Waals surface area contributed by atoms with Gasteiger partial charge in [-0.05, 0) is 48.1 Å². The molecule has 1 heterocycles. The molecule has 2 nitrogen and oxygen atoms in total. The molecule has 0 saturated heterocycles. The van der Waals surface area contributed by atoms with Crippen molar-refractivity contribution in [1.82, 2.24) is 9.55 Å². The van der Waals surface area contributed by atoms with Gasteiger partial charge in [-0.1, -0.05) is 87.5 Å². The normalized spacial score (nSPS) is 13.7. The van der Waals surface area contributed by atoms with E-state index in [0.717, 1.165) is 17.8 Å². The van der Waals surface area contributed by atoms with Gasteiger partial charge in [0.1, 0.15) is 5.82 Å². The molecule has 0 bridgehead atoms. The minimum Gasteiger partial charge on any atom is -0.320 e. The predicted octanol–water partition coefficient (Wildman–Crippen LogP) is 7.00. The van der Waals surface area contributed by atoms with Crippen LogP contribution in [0.5, 0.6) is 0 Å². The highest BCUT2D eigenvalue weighted by molar-refractivity contribution is 5.76. The molecule has 0 aliphatic carbocycles. The maximum Gasteiger partial charge on any atom is 0.117 e. The zero-order valence-electron chi connectivity index (χ0n) is 17.8. The first-order valence-corrected chi connectivity index (χ1v) is 10.6. The minimum atomic E-state index is 0.223. The average Bonchev–Trinajstić information content (AvgIpc) is 3.13. The Labute approximate surface area is 174 Å². The molecule has 0 amide bonds. The van der Waals surface area contributed by atoms with Crippen molar-refractivity contribution >= 4 is 11.0 Å². The molecule has 148 valence electrons. The van der Waals surface area contributed by atoms with Crippen LogP contribution in [0.2, 0.25) is 0 Å². The Bertz CT molecular complexity index is 1070. The van der Waals surface area contributed by atoms with E-state index in [1.165, 1.54) is 22.2 Å². The summed E-state index contributed by atoms with van der Waals surface area (Å²) >= 11 is 0. The van der Waals surface area contributed by atoms with Gasteiger partial charge in [0.2, 0.25) is 0 Å². The van der Waals surface area contributed by atoms with Crippen LogP contribution in [0.4, 0.5) is 0 Å². The van der Waals surface area contributed by atoms with Crippen LogP contribution < -0.4 is 0 Å². The van der Waals surface area contributed by atoms with Crippen molar-refractivity contribution in [3.8, 4) is 0 Å². The van der Waals surface area contributed by atoms with Crippen molar-refractivity contribution in [1.29, 1.82) is 0 Å². The molecule has 4 aromatic rings. The second-order valence-corrected chi connectivity index (χ2v) is 8.48. The zero-order valence-corrected chi connectivity index (χ0v) is 17.8. The maximum atomic E-state index is 5.07. The van der Waals surface area contributed by atoms with Crippen molar-refractivity contribution < 1.29 is 0 Å². The van der Waals surface area contributed by atoms with Crippen LogP contribution in [-0.4, -0.2) is 9.55 Å². The van der Waals surface area contributed by atoms with Crippen molar-refractivity contribution in [2.24, 2.45) is 5.92 Å². The van der Waals surface area contributed by atoms with Gasteiger partial charge in [0.15, 0.2) is 0 Å². The fraction of sp³-hybridized carbons (Fsp3) is 0.296. The van der Waals surface area contributed by atoms with Crippen LogP contribution in [-0.2, 0) is 6.42 Å². The molecule has 4 rings (SSSR count). The van der Waals surface area contributed by atoms with Crippen molar-refractivity contribution in [2.45, 2.75) is 46.1 Å². The average molecular weight is 383 g/mol. The molecule has 0 spiro atoms. The smallest absolute Gasteiger partial charge is 0.117 e. The van der Waals surface area contributed by atoms with Gasteiger partial charge in [0, 0.05) is 5.92 Å². The van der Waals surface area contributed by atoms with Crippen LogP contribution in [0.25, 0.3) is 11.0 Å². The number of benzene rings is 3. The molecule has 0 aliphatic heterocycles. The number of imidazole rings is 1. The van der Waals surface area contributed by atoms with Gasteiger partial charge in [-0.3, -0.25) is 0 Å². The Kier molecular flexibility index (Phi) is 5.53. The highest BCUT2D eigenvalue weighted by Gasteiger charge is 2.22. The molecule has 3 aromatic carbocycles.